The molecule has 1 amide bonds. The maximum Gasteiger partial charge on any atom is 0.408 e. The molecule has 20 heteroatoms. The van der Waals surface area contributed by atoms with E-state index in [4.69, 9.17) is 22.1 Å². The highest BCUT2D eigenvalue weighted by Crippen LogP contribution is 2.29. The molecule has 3 heterocycles. The summed E-state index contributed by atoms with van der Waals surface area (Å²) in [7, 11) is 1.47. The molecular formula is C24H19ClN12O7. The number of hydrogen-bond donors (Lipinski definition) is 2. The van der Waals surface area contributed by atoms with E-state index in [2.05, 4.69) is 40.9 Å². The van der Waals surface area contributed by atoms with Crippen LogP contribution in [0.4, 0.5) is 17.3 Å². The van der Waals surface area contributed by atoms with Crippen molar-refractivity contribution in [1.29, 1.82) is 0 Å². The van der Waals surface area contributed by atoms with E-state index in [0.717, 1.165) is 4.68 Å². The summed E-state index contributed by atoms with van der Waals surface area (Å²) >= 11 is 6.07. The molecule has 0 spiro atoms. The number of benzene rings is 2. The fourth-order valence-electron chi connectivity index (χ4n) is 4.07. The van der Waals surface area contributed by atoms with E-state index in [1.54, 1.807) is 25.1 Å². The van der Waals surface area contributed by atoms with Crippen LogP contribution in [-0.2, 0) is 6.54 Å². The van der Waals surface area contributed by atoms with Crippen LogP contribution in [0.5, 0.6) is 5.75 Å². The molecule has 0 fully saturated rings. The first-order valence-corrected chi connectivity index (χ1v) is 12.6. The summed E-state index contributed by atoms with van der Waals surface area (Å²) in [6, 6.07) is 10.3. The number of halogens is 1. The Morgan fingerprint density at radius 2 is 1.93 bits per heavy atom. The molecule has 19 nitrogen and oxygen atoms in total. The van der Waals surface area contributed by atoms with Crippen molar-refractivity contribution in [3.05, 3.63) is 90.2 Å². The Balaban J connectivity index is 1.43. The minimum Gasteiger partial charge on any atom is -0.496 e. The predicted molar refractivity (Wildman–Crippen MR) is 152 cm³/mol. The molecule has 3 N–H and O–H groups in total. The first kappa shape index (κ1) is 29.3. The van der Waals surface area contributed by atoms with Gasteiger partial charge < -0.3 is 20.6 Å². The largest absolute Gasteiger partial charge is 0.496 e. The fourth-order valence-corrected chi connectivity index (χ4v) is 4.27. The van der Waals surface area contributed by atoms with E-state index >= 15 is 0 Å². The number of nitrogen functional groups attached to an aromatic ring is 1. The van der Waals surface area contributed by atoms with Crippen LogP contribution in [-0.4, -0.2) is 64.2 Å². The first-order valence-electron chi connectivity index (χ1n) is 12.3. The normalized spacial score (nSPS) is 11.2. The third-order valence-corrected chi connectivity index (χ3v) is 6.67. The van der Waals surface area contributed by atoms with Gasteiger partial charge in [0, 0.05) is 23.3 Å². The Labute approximate surface area is 250 Å². The summed E-state index contributed by atoms with van der Waals surface area (Å²) in [5.41, 5.74) is 9.75. The zero-order valence-electron chi connectivity index (χ0n) is 22.6. The van der Waals surface area contributed by atoms with Gasteiger partial charge in [0.1, 0.15) is 11.4 Å². The third-order valence-electron chi connectivity index (χ3n) is 6.23. The van der Waals surface area contributed by atoms with Crippen molar-refractivity contribution in [2.75, 3.05) is 12.8 Å². The molecule has 0 saturated heterocycles. The molecule has 0 aliphatic heterocycles. The van der Waals surface area contributed by atoms with Crippen LogP contribution in [0.3, 0.4) is 0 Å². The van der Waals surface area contributed by atoms with Gasteiger partial charge in [0.05, 0.1) is 35.6 Å². The lowest BCUT2D eigenvalue weighted by Crippen LogP contribution is -2.22. The average Bonchev–Trinajstić information content (AvgIpc) is 3.71. The summed E-state index contributed by atoms with van der Waals surface area (Å²) in [5, 5.41) is 45.4. The summed E-state index contributed by atoms with van der Waals surface area (Å²) in [6.45, 7) is 1.69. The Morgan fingerprint density at radius 3 is 2.55 bits per heavy atom. The number of methoxy groups -OCH3 is 1. The van der Waals surface area contributed by atoms with Crippen LogP contribution in [0.15, 0.2) is 52.2 Å². The zero-order valence-corrected chi connectivity index (χ0v) is 23.4. The highest BCUT2D eigenvalue weighted by molar-refractivity contribution is 6.33. The molecule has 0 radical (unpaired) electrons. The number of hydrogen-bond acceptors (Lipinski definition) is 14. The number of nitrogens with zero attached hydrogens (tertiary/aromatic N) is 10. The van der Waals surface area contributed by atoms with Crippen LogP contribution < -0.4 is 15.9 Å². The standard InChI is InChI=1S/C24H19ClN12O7/c1-12-18(25)22(37(41)42)30-34(12)11-15-9-13(3-8-17(15)43-2)10-27-29-24(38)20-19(14-4-6-16(7-5-14)36(39)40)28-33-35(20)23-21(26)31-44-32-23/h3-10H,11H2,1-2H3,(H2,26,31)(H,29,38)/b27-10-. The van der Waals surface area contributed by atoms with Gasteiger partial charge >= 0.3 is 5.82 Å². The van der Waals surface area contributed by atoms with Gasteiger partial charge in [-0.15, -0.1) is 5.10 Å². The molecule has 44 heavy (non-hydrogen) atoms. The molecular weight excluding hydrogens is 604 g/mol. The van der Waals surface area contributed by atoms with E-state index in [1.165, 1.54) is 42.3 Å². The molecule has 0 bridgehead atoms. The van der Waals surface area contributed by atoms with Gasteiger partial charge in [-0.3, -0.25) is 14.9 Å². The second-order valence-corrected chi connectivity index (χ2v) is 9.26. The van der Waals surface area contributed by atoms with Crippen molar-refractivity contribution >= 4 is 41.0 Å². The number of nitrogens with one attached hydrogen (secondary N) is 1. The van der Waals surface area contributed by atoms with Crippen molar-refractivity contribution < 1.29 is 24.0 Å². The van der Waals surface area contributed by atoms with Gasteiger partial charge in [0.15, 0.2) is 10.7 Å². The number of ether oxygens (including phenoxy) is 1. The average molecular weight is 623 g/mol. The molecule has 0 atom stereocenters. The Bertz CT molecular complexity index is 1930. The molecule has 0 saturated carbocycles. The van der Waals surface area contributed by atoms with Crippen molar-refractivity contribution in [2.45, 2.75) is 13.5 Å². The molecule has 0 unspecified atom stereocenters. The zero-order chi connectivity index (χ0) is 31.5. The number of aromatic nitrogens is 7. The number of anilines is 1. The topological polar surface area (TPSA) is 250 Å². The molecule has 0 aliphatic rings. The van der Waals surface area contributed by atoms with Gasteiger partial charge in [-0.25, -0.2) is 10.1 Å². The van der Waals surface area contributed by atoms with Gasteiger partial charge in [0.25, 0.3) is 11.6 Å². The Morgan fingerprint density at radius 1 is 1.18 bits per heavy atom. The number of non-ortho nitro benzene ring substituents is 1. The van der Waals surface area contributed by atoms with E-state index < -0.39 is 21.6 Å². The molecule has 224 valence electrons. The lowest BCUT2D eigenvalue weighted by molar-refractivity contribution is -0.389. The fraction of sp³-hybridized carbons (Fsp3) is 0.125. The molecule has 2 aromatic carbocycles. The summed E-state index contributed by atoms with van der Waals surface area (Å²) in [4.78, 5) is 34.4. The van der Waals surface area contributed by atoms with Crippen molar-refractivity contribution in [1.82, 2.24) is 40.5 Å². The highest BCUT2D eigenvalue weighted by atomic mass is 35.5. The Kier molecular flexibility index (Phi) is 7.94. The lowest BCUT2D eigenvalue weighted by Gasteiger charge is -2.09. The van der Waals surface area contributed by atoms with Crippen LogP contribution >= 0.6 is 11.6 Å². The number of rotatable bonds is 10. The molecule has 3 aromatic heterocycles. The van der Waals surface area contributed by atoms with E-state index in [0.29, 0.717) is 28.1 Å². The molecule has 5 aromatic rings. The van der Waals surface area contributed by atoms with Crippen LogP contribution in [0.1, 0.15) is 27.3 Å². The van der Waals surface area contributed by atoms with E-state index in [1.807, 2.05) is 0 Å². The third kappa shape index (κ3) is 5.61. The summed E-state index contributed by atoms with van der Waals surface area (Å²) in [5.74, 6) is -1.07. The van der Waals surface area contributed by atoms with Crippen molar-refractivity contribution in [2.24, 2.45) is 5.10 Å². The number of carbonyl (C=O) groups excluding carboxylic acids is 1. The first-order chi connectivity index (χ1) is 21.1. The second kappa shape index (κ2) is 11.9. The summed E-state index contributed by atoms with van der Waals surface area (Å²) in [6.07, 6.45) is 1.35. The van der Waals surface area contributed by atoms with Gasteiger partial charge in [0.2, 0.25) is 11.6 Å². The van der Waals surface area contributed by atoms with Gasteiger partial charge in [-0.05, 0) is 58.1 Å². The van der Waals surface area contributed by atoms with Crippen LogP contribution in [0, 0.1) is 27.2 Å². The maximum atomic E-state index is 13.4. The van der Waals surface area contributed by atoms with Crippen LogP contribution in [0.25, 0.3) is 17.1 Å². The van der Waals surface area contributed by atoms with Gasteiger partial charge in [-0.1, -0.05) is 16.8 Å². The lowest BCUT2D eigenvalue weighted by atomic mass is 10.1. The molecule has 0 aliphatic carbocycles. The Hall–Kier alpha value is -6.24. The van der Waals surface area contributed by atoms with Crippen LogP contribution in [0.2, 0.25) is 5.02 Å². The summed E-state index contributed by atoms with van der Waals surface area (Å²) < 4.78 is 12.4. The number of nitro groups is 2. The van der Waals surface area contributed by atoms with E-state index in [-0.39, 0.29) is 40.3 Å². The number of nitrogens with two attached hydrogens (primary N) is 1. The molecule has 5 rings (SSSR count). The quantitative estimate of drug-likeness (QED) is 0.129. The van der Waals surface area contributed by atoms with Crippen molar-refractivity contribution in [3.63, 3.8) is 0 Å². The van der Waals surface area contributed by atoms with Crippen molar-refractivity contribution in [3.8, 4) is 22.8 Å². The number of hydrazone groups is 1. The SMILES string of the molecule is COc1ccc(/C=N\NC(=O)c2c(-c3ccc([N+](=O)[O-])cc3)nnn2-c2nonc2N)cc1Cn1nc([N+](=O)[O-])c(Cl)c1C. The monoisotopic (exact) mass is 622 g/mol. The number of carbonyl (C=O) groups is 1. The minimum absolute atomic E-state index is 0.0454. The highest BCUT2D eigenvalue weighted by Gasteiger charge is 2.27. The maximum absolute atomic E-state index is 13.4. The van der Waals surface area contributed by atoms with E-state index in [9.17, 15) is 25.0 Å². The predicted octanol–water partition coefficient (Wildman–Crippen LogP) is 2.70. The minimum atomic E-state index is -0.787. The smallest absolute Gasteiger partial charge is 0.408 e. The number of amides is 1. The number of nitro benzene ring substituents is 1. The van der Waals surface area contributed by atoms with Gasteiger partial charge in [-0.2, -0.15) is 14.5 Å². The second-order valence-electron chi connectivity index (χ2n) is 8.88.